The lowest BCUT2D eigenvalue weighted by Gasteiger charge is -2.13. The summed E-state index contributed by atoms with van der Waals surface area (Å²) in [5, 5.41) is 10.0. The summed E-state index contributed by atoms with van der Waals surface area (Å²) < 4.78 is 26.4. The standard InChI is InChI=1S/C13H13ClN2O3S/c14-11-6-7-15-9-13(11)20(18,19)16-8-12(17)10-4-2-1-3-5-10/h1-7,9,12,16-17H,8H2. The van der Waals surface area contributed by atoms with Crippen LogP contribution in [0.5, 0.6) is 0 Å². The molecule has 0 aliphatic heterocycles. The first-order valence-electron chi connectivity index (χ1n) is 5.83. The fourth-order valence-corrected chi connectivity index (χ4v) is 3.09. The molecule has 7 heteroatoms. The summed E-state index contributed by atoms with van der Waals surface area (Å²) in [5.74, 6) is 0. The second kappa shape index (κ2) is 6.32. The Hall–Kier alpha value is -1.47. The molecular formula is C13H13ClN2O3S. The van der Waals surface area contributed by atoms with E-state index in [1.54, 1.807) is 24.3 Å². The molecule has 0 saturated carbocycles. The molecule has 0 saturated heterocycles. The number of nitrogens with zero attached hydrogens (tertiary/aromatic N) is 1. The van der Waals surface area contributed by atoms with Crippen molar-refractivity contribution in [1.82, 2.24) is 9.71 Å². The molecule has 0 bridgehead atoms. The van der Waals surface area contributed by atoms with E-state index in [4.69, 9.17) is 11.6 Å². The van der Waals surface area contributed by atoms with E-state index in [1.165, 1.54) is 18.5 Å². The Morgan fingerprint density at radius 1 is 1.25 bits per heavy atom. The molecular weight excluding hydrogens is 300 g/mol. The van der Waals surface area contributed by atoms with Crippen LogP contribution in [0.15, 0.2) is 53.7 Å². The first-order valence-corrected chi connectivity index (χ1v) is 7.69. The SMILES string of the molecule is O=S(=O)(NCC(O)c1ccccc1)c1cnccc1Cl. The van der Waals surface area contributed by atoms with Crippen LogP contribution in [0.2, 0.25) is 5.02 Å². The van der Waals surface area contributed by atoms with E-state index in [0.717, 1.165) is 0 Å². The predicted molar refractivity (Wildman–Crippen MR) is 75.8 cm³/mol. The van der Waals surface area contributed by atoms with Gasteiger partial charge in [0.2, 0.25) is 10.0 Å². The van der Waals surface area contributed by atoms with Crippen LogP contribution >= 0.6 is 11.6 Å². The van der Waals surface area contributed by atoms with Gasteiger partial charge in [-0.2, -0.15) is 0 Å². The Kier molecular flexibility index (Phi) is 4.72. The van der Waals surface area contributed by atoms with Crippen molar-refractivity contribution < 1.29 is 13.5 Å². The van der Waals surface area contributed by atoms with Crippen molar-refractivity contribution >= 4 is 21.6 Å². The molecule has 20 heavy (non-hydrogen) atoms. The van der Waals surface area contributed by atoms with Crippen molar-refractivity contribution in [2.75, 3.05) is 6.54 Å². The molecule has 106 valence electrons. The minimum Gasteiger partial charge on any atom is -0.387 e. The van der Waals surface area contributed by atoms with Crippen molar-refractivity contribution in [1.29, 1.82) is 0 Å². The summed E-state index contributed by atoms with van der Waals surface area (Å²) in [5.41, 5.74) is 0.632. The fraction of sp³-hybridized carbons (Fsp3) is 0.154. The maximum atomic E-state index is 12.0. The highest BCUT2D eigenvalue weighted by molar-refractivity contribution is 7.89. The number of halogens is 1. The lowest BCUT2D eigenvalue weighted by Crippen LogP contribution is -2.28. The van der Waals surface area contributed by atoms with Crippen LogP contribution in [0.4, 0.5) is 0 Å². The number of aliphatic hydroxyl groups excluding tert-OH is 1. The van der Waals surface area contributed by atoms with E-state index in [2.05, 4.69) is 9.71 Å². The van der Waals surface area contributed by atoms with Crippen molar-refractivity contribution in [2.45, 2.75) is 11.0 Å². The van der Waals surface area contributed by atoms with Gasteiger partial charge in [-0.3, -0.25) is 4.98 Å². The molecule has 2 aromatic rings. The number of aliphatic hydroxyl groups is 1. The third-order valence-corrected chi connectivity index (χ3v) is 4.57. The lowest BCUT2D eigenvalue weighted by molar-refractivity contribution is 0.182. The average molecular weight is 313 g/mol. The summed E-state index contributed by atoms with van der Waals surface area (Å²) in [4.78, 5) is 3.62. The van der Waals surface area contributed by atoms with E-state index in [0.29, 0.717) is 5.56 Å². The molecule has 0 spiro atoms. The molecule has 1 unspecified atom stereocenters. The largest absolute Gasteiger partial charge is 0.387 e. The maximum Gasteiger partial charge on any atom is 0.243 e. The van der Waals surface area contributed by atoms with Crippen LogP contribution in [0.1, 0.15) is 11.7 Å². The van der Waals surface area contributed by atoms with E-state index in [9.17, 15) is 13.5 Å². The first kappa shape index (κ1) is 14.9. The Morgan fingerprint density at radius 2 is 1.95 bits per heavy atom. The van der Waals surface area contributed by atoms with Gasteiger partial charge in [0.15, 0.2) is 0 Å². The van der Waals surface area contributed by atoms with Crippen molar-refractivity contribution in [3.05, 3.63) is 59.4 Å². The summed E-state index contributed by atoms with van der Waals surface area (Å²) in [7, 11) is -3.80. The summed E-state index contributed by atoms with van der Waals surface area (Å²) in [6, 6.07) is 10.2. The number of hydrogen-bond donors (Lipinski definition) is 2. The number of sulfonamides is 1. The molecule has 1 heterocycles. The molecule has 0 aliphatic carbocycles. The molecule has 1 aromatic carbocycles. The van der Waals surface area contributed by atoms with Gasteiger partial charge in [-0.1, -0.05) is 41.9 Å². The molecule has 0 aliphatic rings. The molecule has 0 fully saturated rings. The monoisotopic (exact) mass is 312 g/mol. The molecule has 0 radical (unpaired) electrons. The number of aromatic nitrogens is 1. The number of benzene rings is 1. The lowest BCUT2D eigenvalue weighted by atomic mass is 10.1. The Balaban J connectivity index is 2.09. The molecule has 2 rings (SSSR count). The van der Waals surface area contributed by atoms with E-state index in [-0.39, 0.29) is 16.5 Å². The third kappa shape index (κ3) is 3.55. The first-order chi connectivity index (χ1) is 9.50. The summed E-state index contributed by atoms with van der Waals surface area (Å²) in [6.07, 6.45) is 1.64. The zero-order valence-electron chi connectivity index (χ0n) is 10.4. The highest BCUT2D eigenvalue weighted by atomic mass is 35.5. The van der Waals surface area contributed by atoms with Gasteiger partial charge < -0.3 is 5.11 Å². The van der Waals surface area contributed by atoms with Gasteiger partial charge in [0.05, 0.1) is 11.1 Å². The minimum absolute atomic E-state index is 0.0849. The Bertz CT molecular complexity index is 677. The molecule has 0 amide bonds. The number of rotatable bonds is 5. The zero-order valence-corrected chi connectivity index (χ0v) is 12.0. The fourth-order valence-electron chi connectivity index (χ4n) is 1.62. The molecule has 1 atom stereocenters. The van der Waals surface area contributed by atoms with Crippen LogP contribution in [0, 0.1) is 0 Å². The smallest absolute Gasteiger partial charge is 0.243 e. The number of hydrogen-bond acceptors (Lipinski definition) is 4. The van der Waals surface area contributed by atoms with Crippen LogP contribution in [-0.2, 0) is 10.0 Å². The summed E-state index contributed by atoms with van der Waals surface area (Å²) >= 11 is 5.82. The third-order valence-electron chi connectivity index (χ3n) is 2.67. The van der Waals surface area contributed by atoms with Crippen LogP contribution in [-0.4, -0.2) is 25.1 Å². The van der Waals surface area contributed by atoms with Crippen LogP contribution in [0.3, 0.4) is 0 Å². The number of pyridine rings is 1. The quantitative estimate of drug-likeness (QED) is 0.881. The van der Waals surface area contributed by atoms with Gasteiger partial charge in [-0.05, 0) is 11.6 Å². The topological polar surface area (TPSA) is 79.3 Å². The average Bonchev–Trinajstić information content (AvgIpc) is 2.46. The van der Waals surface area contributed by atoms with Crippen LogP contribution in [0.25, 0.3) is 0 Å². The van der Waals surface area contributed by atoms with E-state index in [1.807, 2.05) is 6.07 Å². The van der Waals surface area contributed by atoms with Gasteiger partial charge in [-0.25, -0.2) is 13.1 Å². The highest BCUT2D eigenvalue weighted by Gasteiger charge is 2.19. The van der Waals surface area contributed by atoms with Crippen molar-refractivity contribution in [3.63, 3.8) is 0 Å². The minimum atomic E-state index is -3.80. The summed E-state index contributed by atoms with van der Waals surface area (Å²) in [6.45, 7) is -0.141. The normalized spacial score (nSPS) is 13.1. The van der Waals surface area contributed by atoms with Crippen molar-refractivity contribution in [2.24, 2.45) is 0 Å². The highest BCUT2D eigenvalue weighted by Crippen LogP contribution is 2.19. The van der Waals surface area contributed by atoms with Crippen molar-refractivity contribution in [3.8, 4) is 0 Å². The maximum absolute atomic E-state index is 12.0. The van der Waals surface area contributed by atoms with Gasteiger partial charge in [0.25, 0.3) is 0 Å². The van der Waals surface area contributed by atoms with Gasteiger partial charge in [-0.15, -0.1) is 0 Å². The Labute approximate surface area is 122 Å². The van der Waals surface area contributed by atoms with Gasteiger partial charge in [0.1, 0.15) is 4.90 Å². The second-order valence-corrected chi connectivity index (χ2v) is 6.23. The molecule has 5 nitrogen and oxygen atoms in total. The number of nitrogens with one attached hydrogen (secondary N) is 1. The zero-order chi connectivity index (χ0) is 14.6. The second-order valence-electron chi connectivity index (χ2n) is 4.08. The van der Waals surface area contributed by atoms with E-state index < -0.39 is 16.1 Å². The predicted octanol–water partition coefficient (Wildman–Crippen LogP) is 1.75. The van der Waals surface area contributed by atoms with E-state index >= 15 is 0 Å². The molecule has 2 N–H and O–H groups in total. The van der Waals surface area contributed by atoms with Gasteiger partial charge in [0, 0.05) is 18.9 Å². The van der Waals surface area contributed by atoms with Gasteiger partial charge >= 0.3 is 0 Å². The Morgan fingerprint density at radius 3 is 2.60 bits per heavy atom. The van der Waals surface area contributed by atoms with Crippen LogP contribution < -0.4 is 4.72 Å². The molecule has 1 aromatic heterocycles.